The Morgan fingerprint density at radius 2 is 2.14 bits per heavy atom. The molecule has 1 aromatic carbocycles. The van der Waals surface area contributed by atoms with Crippen LogP contribution in [0.1, 0.15) is 12.0 Å². The van der Waals surface area contributed by atoms with Gasteiger partial charge in [-0.05, 0) is 24.6 Å². The van der Waals surface area contributed by atoms with Crippen molar-refractivity contribution in [1.29, 1.82) is 0 Å². The van der Waals surface area contributed by atoms with Gasteiger partial charge in [-0.15, -0.1) is 0 Å². The second-order valence-corrected chi connectivity index (χ2v) is 7.22. The van der Waals surface area contributed by atoms with Gasteiger partial charge in [0.15, 0.2) is 0 Å². The third-order valence-electron chi connectivity index (χ3n) is 3.51. The highest BCUT2D eigenvalue weighted by Gasteiger charge is 2.44. The van der Waals surface area contributed by atoms with Gasteiger partial charge < -0.3 is 9.84 Å². The maximum Gasteiger partial charge on any atom is 0.322 e. The summed E-state index contributed by atoms with van der Waals surface area (Å²) in [6.07, 6.45) is -0.320. The molecule has 6 nitrogen and oxygen atoms in total. The van der Waals surface area contributed by atoms with Crippen molar-refractivity contribution in [3.8, 4) is 0 Å². The number of hydrogen-bond acceptors (Lipinski definition) is 4. The number of aliphatic carboxylic acids is 1. The molecular weight excluding hydrogens is 318 g/mol. The smallest absolute Gasteiger partial charge is 0.322 e. The summed E-state index contributed by atoms with van der Waals surface area (Å²) in [4.78, 5) is 11.2. The molecule has 2 rings (SSSR count). The quantitative estimate of drug-likeness (QED) is 0.903. The maximum atomic E-state index is 12.7. The Kier molecular flexibility index (Phi) is 4.57. The lowest BCUT2D eigenvalue weighted by atomic mass is 10.2. The summed E-state index contributed by atoms with van der Waals surface area (Å²) < 4.78 is 31.4. The Morgan fingerprint density at radius 1 is 1.48 bits per heavy atom. The van der Waals surface area contributed by atoms with Gasteiger partial charge in [0.25, 0.3) is 0 Å². The first kappa shape index (κ1) is 16.2. The summed E-state index contributed by atoms with van der Waals surface area (Å²) in [5, 5.41) is 9.31. The van der Waals surface area contributed by atoms with Crippen molar-refractivity contribution in [1.82, 2.24) is 4.31 Å². The topological polar surface area (TPSA) is 83.9 Å². The molecule has 0 spiro atoms. The van der Waals surface area contributed by atoms with Crippen LogP contribution in [-0.4, -0.2) is 49.6 Å². The normalized spacial score (nSPS) is 23.4. The third-order valence-corrected chi connectivity index (χ3v) is 5.87. The van der Waals surface area contributed by atoms with Crippen LogP contribution in [-0.2, 0) is 19.6 Å². The number of carboxylic acid groups (broad SMARTS) is 1. The second kappa shape index (κ2) is 5.92. The van der Waals surface area contributed by atoms with Crippen molar-refractivity contribution in [3.05, 3.63) is 28.8 Å². The van der Waals surface area contributed by atoms with E-state index in [1.807, 2.05) is 0 Å². The average molecular weight is 334 g/mol. The van der Waals surface area contributed by atoms with E-state index in [4.69, 9.17) is 16.3 Å². The van der Waals surface area contributed by atoms with Gasteiger partial charge >= 0.3 is 5.97 Å². The molecule has 0 bridgehead atoms. The number of sulfonamides is 1. The molecule has 0 aromatic heterocycles. The number of hydrogen-bond donors (Lipinski definition) is 1. The number of carboxylic acids is 1. The van der Waals surface area contributed by atoms with E-state index in [1.165, 1.54) is 19.2 Å². The zero-order valence-corrected chi connectivity index (χ0v) is 13.2. The molecule has 116 valence electrons. The second-order valence-electron chi connectivity index (χ2n) is 4.96. The number of aryl methyl sites for hydroxylation is 1. The summed E-state index contributed by atoms with van der Waals surface area (Å²) >= 11 is 6.01. The van der Waals surface area contributed by atoms with Gasteiger partial charge in [-0.1, -0.05) is 17.7 Å². The number of rotatable bonds is 4. The third kappa shape index (κ3) is 3.06. The predicted octanol–water partition coefficient (Wildman–Crippen LogP) is 1.51. The highest BCUT2D eigenvalue weighted by Crippen LogP contribution is 2.31. The van der Waals surface area contributed by atoms with E-state index in [0.717, 1.165) is 9.87 Å². The van der Waals surface area contributed by atoms with E-state index in [-0.39, 0.29) is 22.9 Å². The number of nitrogens with zero attached hydrogens (tertiary/aromatic N) is 1. The predicted molar refractivity (Wildman–Crippen MR) is 76.9 cm³/mol. The summed E-state index contributed by atoms with van der Waals surface area (Å²) in [6, 6.07) is 3.41. The summed E-state index contributed by atoms with van der Waals surface area (Å²) in [7, 11) is -2.55. The van der Waals surface area contributed by atoms with Crippen molar-refractivity contribution < 1.29 is 23.1 Å². The fourth-order valence-electron chi connectivity index (χ4n) is 2.37. The van der Waals surface area contributed by atoms with E-state index < -0.39 is 28.1 Å². The summed E-state index contributed by atoms with van der Waals surface area (Å²) in [5.41, 5.74) is 0.824. The van der Waals surface area contributed by atoms with Crippen molar-refractivity contribution >= 4 is 27.6 Å². The molecule has 1 heterocycles. The van der Waals surface area contributed by atoms with E-state index in [0.29, 0.717) is 0 Å². The van der Waals surface area contributed by atoms with Crippen LogP contribution in [0.5, 0.6) is 0 Å². The zero-order valence-electron chi connectivity index (χ0n) is 11.6. The Morgan fingerprint density at radius 3 is 2.67 bits per heavy atom. The van der Waals surface area contributed by atoms with Gasteiger partial charge in [0.1, 0.15) is 10.9 Å². The number of benzene rings is 1. The Balaban J connectivity index is 2.44. The van der Waals surface area contributed by atoms with Crippen LogP contribution >= 0.6 is 11.6 Å². The Bertz CT molecular complexity index is 661. The molecule has 8 heteroatoms. The van der Waals surface area contributed by atoms with Gasteiger partial charge in [-0.3, -0.25) is 4.79 Å². The number of halogens is 1. The monoisotopic (exact) mass is 333 g/mol. The van der Waals surface area contributed by atoms with E-state index in [2.05, 4.69) is 0 Å². The average Bonchev–Trinajstić information content (AvgIpc) is 2.83. The lowest BCUT2D eigenvalue weighted by molar-refractivity contribution is -0.140. The lowest BCUT2D eigenvalue weighted by Crippen LogP contribution is -2.40. The lowest BCUT2D eigenvalue weighted by Gasteiger charge is -2.21. The fraction of sp³-hybridized carbons (Fsp3) is 0.462. The SMILES string of the molecule is COC1CC(C(=O)O)N(S(=O)(=O)c2ccc(C)cc2Cl)C1. The van der Waals surface area contributed by atoms with Crippen LogP contribution in [0.15, 0.2) is 23.1 Å². The molecule has 1 aromatic rings. The molecule has 0 saturated carbocycles. The summed E-state index contributed by atoms with van der Waals surface area (Å²) in [5.74, 6) is -1.19. The van der Waals surface area contributed by atoms with Crippen LogP contribution in [0.2, 0.25) is 5.02 Å². The standard InChI is InChI=1S/C13H16ClNO5S/c1-8-3-4-12(10(14)5-8)21(18,19)15-7-9(20-2)6-11(15)13(16)17/h3-5,9,11H,6-7H2,1-2H3,(H,16,17). The van der Waals surface area contributed by atoms with Gasteiger partial charge in [0.2, 0.25) is 10.0 Å². The van der Waals surface area contributed by atoms with Crippen LogP contribution < -0.4 is 0 Å². The molecule has 2 atom stereocenters. The van der Waals surface area contributed by atoms with Crippen molar-refractivity contribution in [3.63, 3.8) is 0 Å². The summed E-state index contributed by atoms with van der Waals surface area (Å²) in [6.45, 7) is 1.79. The molecule has 0 aliphatic carbocycles. The minimum atomic E-state index is -3.98. The molecular formula is C13H16ClNO5S. The van der Waals surface area contributed by atoms with E-state index >= 15 is 0 Å². The van der Waals surface area contributed by atoms with E-state index in [1.54, 1.807) is 13.0 Å². The van der Waals surface area contributed by atoms with Gasteiger partial charge in [0, 0.05) is 20.1 Å². The Hall–Kier alpha value is -1.15. The van der Waals surface area contributed by atoms with E-state index in [9.17, 15) is 18.3 Å². The molecule has 0 radical (unpaired) electrons. The zero-order chi connectivity index (χ0) is 15.8. The molecule has 2 unspecified atom stereocenters. The molecule has 1 fully saturated rings. The number of ether oxygens (including phenoxy) is 1. The van der Waals surface area contributed by atoms with Gasteiger partial charge in [0.05, 0.1) is 11.1 Å². The highest BCUT2D eigenvalue weighted by atomic mass is 35.5. The van der Waals surface area contributed by atoms with Crippen LogP contribution in [0.4, 0.5) is 0 Å². The molecule has 1 aliphatic rings. The molecule has 0 amide bonds. The largest absolute Gasteiger partial charge is 0.480 e. The van der Waals surface area contributed by atoms with Crippen LogP contribution in [0.3, 0.4) is 0 Å². The van der Waals surface area contributed by atoms with Crippen molar-refractivity contribution in [2.24, 2.45) is 0 Å². The molecule has 1 saturated heterocycles. The van der Waals surface area contributed by atoms with Crippen LogP contribution in [0, 0.1) is 6.92 Å². The fourth-order valence-corrected chi connectivity index (χ4v) is 4.57. The first-order chi connectivity index (χ1) is 9.77. The molecule has 1 N–H and O–H groups in total. The Labute approximate surface area is 128 Å². The van der Waals surface area contributed by atoms with Gasteiger partial charge in [-0.2, -0.15) is 4.31 Å². The minimum Gasteiger partial charge on any atom is -0.480 e. The first-order valence-electron chi connectivity index (χ1n) is 6.31. The van der Waals surface area contributed by atoms with Gasteiger partial charge in [-0.25, -0.2) is 8.42 Å². The van der Waals surface area contributed by atoms with Crippen molar-refractivity contribution in [2.75, 3.05) is 13.7 Å². The molecule has 1 aliphatic heterocycles. The molecule has 21 heavy (non-hydrogen) atoms. The maximum absolute atomic E-state index is 12.7. The number of carbonyl (C=O) groups is 1. The van der Waals surface area contributed by atoms with Crippen molar-refractivity contribution in [2.45, 2.75) is 30.4 Å². The number of methoxy groups -OCH3 is 1. The highest BCUT2D eigenvalue weighted by molar-refractivity contribution is 7.89. The first-order valence-corrected chi connectivity index (χ1v) is 8.12. The minimum absolute atomic E-state index is 0.00000528. The van der Waals surface area contributed by atoms with Crippen LogP contribution in [0.25, 0.3) is 0 Å².